The predicted molar refractivity (Wildman–Crippen MR) is 85.5 cm³/mol. The van der Waals surface area contributed by atoms with E-state index in [4.69, 9.17) is 4.74 Å². The van der Waals surface area contributed by atoms with Crippen LogP contribution >= 0.6 is 15.9 Å². The van der Waals surface area contributed by atoms with Crippen LogP contribution in [0.5, 0.6) is 0 Å². The van der Waals surface area contributed by atoms with Crippen molar-refractivity contribution in [2.45, 2.75) is 26.7 Å². The number of halogens is 1. The fourth-order valence-corrected chi connectivity index (χ4v) is 2.81. The molecule has 1 N–H and O–H groups in total. The van der Waals surface area contributed by atoms with Crippen LogP contribution in [-0.4, -0.2) is 26.8 Å². The van der Waals surface area contributed by atoms with Gasteiger partial charge in [0.1, 0.15) is 0 Å². The fourth-order valence-electron chi connectivity index (χ4n) is 2.36. The predicted octanol–water partition coefficient (Wildman–Crippen LogP) is 3.89. The first-order chi connectivity index (χ1) is 9.13. The molecule has 1 unspecified atom stereocenters. The van der Waals surface area contributed by atoms with Gasteiger partial charge in [-0.05, 0) is 42.9 Å². The molecule has 0 amide bonds. The summed E-state index contributed by atoms with van der Waals surface area (Å²) in [6, 6.07) is 8.53. The average molecular weight is 328 g/mol. The molecule has 3 heteroatoms. The highest BCUT2D eigenvalue weighted by Crippen LogP contribution is 2.22. The molecule has 0 bridgehead atoms. The van der Waals surface area contributed by atoms with Crippen molar-refractivity contribution in [3.05, 3.63) is 34.3 Å². The molecule has 0 aliphatic carbocycles. The van der Waals surface area contributed by atoms with Crippen molar-refractivity contribution in [1.29, 1.82) is 0 Å². The van der Waals surface area contributed by atoms with E-state index in [0.29, 0.717) is 5.92 Å². The van der Waals surface area contributed by atoms with Crippen molar-refractivity contribution in [3.8, 4) is 0 Å². The maximum absolute atomic E-state index is 5.07. The van der Waals surface area contributed by atoms with Crippen LogP contribution in [0.2, 0.25) is 0 Å². The standard InChI is InChI=1S/C16H26BrNO/c1-13(2)10-14(12-18-8-9-19-3)11-15-6-4-5-7-16(15)17/h4-7,13-14,18H,8-12H2,1-3H3. The maximum Gasteiger partial charge on any atom is 0.0587 e. The maximum atomic E-state index is 5.07. The molecule has 2 nitrogen and oxygen atoms in total. The molecule has 1 rings (SSSR count). The molecule has 19 heavy (non-hydrogen) atoms. The van der Waals surface area contributed by atoms with Crippen LogP contribution in [-0.2, 0) is 11.2 Å². The summed E-state index contributed by atoms with van der Waals surface area (Å²) in [5, 5.41) is 3.49. The summed E-state index contributed by atoms with van der Waals surface area (Å²) in [6.45, 7) is 7.36. The van der Waals surface area contributed by atoms with E-state index in [1.807, 2.05) is 0 Å². The molecule has 0 aliphatic heterocycles. The van der Waals surface area contributed by atoms with Gasteiger partial charge in [-0.15, -0.1) is 0 Å². The van der Waals surface area contributed by atoms with E-state index < -0.39 is 0 Å². The van der Waals surface area contributed by atoms with E-state index in [1.165, 1.54) is 16.5 Å². The first-order valence-electron chi connectivity index (χ1n) is 7.06. The first kappa shape index (κ1) is 16.7. The number of rotatable bonds is 9. The van der Waals surface area contributed by atoms with E-state index >= 15 is 0 Å². The third-order valence-corrected chi connectivity index (χ3v) is 3.96. The third-order valence-electron chi connectivity index (χ3n) is 3.19. The molecule has 0 heterocycles. The molecule has 108 valence electrons. The van der Waals surface area contributed by atoms with Gasteiger partial charge in [0.2, 0.25) is 0 Å². The van der Waals surface area contributed by atoms with Crippen molar-refractivity contribution in [2.24, 2.45) is 11.8 Å². The lowest BCUT2D eigenvalue weighted by molar-refractivity contribution is 0.197. The van der Waals surface area contributed by atoms with Gasteiger partial charge in [-0.25, -0.2) is 0 Å². The van der Waals surface area contributed by atoms with Crippen molar-refractivity contribution in [1.82, 2.24) is 5.32 Å². The van der Waals surface area contributed by atoms with Gasteiger partial charge in [-0.2, -0.15) is 0 Å². The lowest BCUT2D eigenvalue weighted by atomic mass is 9.91. The van der Waals surface area contributed by atoms with Gasteiger partial charge in [0, 0.05) is 18.1 Å². The Hall–Kier alpha value is -0.380. The molecule has 1 atom stereocenters. The lowest BCUT2D eigenvalue weighted by Crippen LogP contribution is -2.28. The topological polar surface area (TPSA) is 21.3 Å². The summed E-state index contributed by atoms with van der Waals surface area (Å²) in [6.07, 6.45) is 2.38. The first-order valence-corrected chi connectivity index (χ1v) is 7.85. The van der Waals surface area contributed by atoms with Gasteiger partial charge >= 0.3 is 0 Å². The second-order valence-corrected chi connectivity index (χ2v) is 6.34. The number of hydrogen-bond acceptors (Lipinski definition) is 2. The Morgan fingerprint density at radius 2 is 2.00 bits per heavy atom. The van der Waals surface area contributed by atoms with E-state index in [9.17, 15) is 0 Å². The van der Waals surface area contributed by atoms with Gasteiger partial charge < -0.3 is 10.1 Å². The zero-order chi connectivity index (χ0) is 14.1. The van der Waals surface area contributed by atoms with Crippen molar-refractivity contribution in [2.75, 3.05) is 26.8 Å². The monoisotopic (exact) mass is 327 g/mol. The van der Waals surface area contributed by atoms with E-state index in [1.54, 1.807) is 7.11 Å². The summed E-state index contributed by atoms with van der Waals surface area (Å²) in [5.41, 5.74) is 1.40. The highest BCUT2D eigenvalue weighted by atomic mass is 79.9. The summed E-state index contributed by atoms with van der Waals surface area (Å²) in [7, 11) is 1.74. The van der Waals surface area contributed by atoms with Gasteiger partial charge in [0.05, 0.1) is 6.61 Å². The molecule has 0 fully saturated rings. The summed E-state index contributed by atoms with van der Waals surface area (Å²) >= 11 is 3.64. The molecular weight excluding hydrogens is 302 g/mol. The number of ether oxygens (including phenoxy) is 1. The van der Waals surface area contributed by atoms with Crippen LogP contribution < -0.4 is 5.32 Å². The number of nitrogens with one attached hydrogen (secondary N) is 1. The molecule has 0 saturated carbocycles. The Kier molecular flexibility index (Phi) is 8.35. The zero-order valence-electron chi connectivity index (χ0n) is 12.3. The van der Waals surface area contributed by atoms with Crippen molar-refractivity contribution in [3.63, 3.8) is 0 Å². The van der Waals surface area contributed by atoms with Crippen LogP contribution in [0.1, 0.15) is 25.8 Å². The Morgan fingerprint density at radius 1 is 1.26 bits per heavy atom. The molecule has 0 saturated heterocycles. The summed E-state index contributed by atoms with van der Waals surface area (Å²) in [4.78, 5) is 0. The SMILES string of the molecule is COCCNCC(Cc1ccccc1Br)CC(C)C. The molecule has 1 aromatic carbocycles. The van der Waals surface area contributed by atoms with Crippen LogP contribution in [0.4, 0.5) is 0 Å². The van der Waals surface area contributed by atoms with Gasteiger partial charge in [0.15, 0.2) is 0 Å². The highest BCUT2D eigenvalue weighted by Gasteiger charge is 2.13. The van der Waals surface area contributed by atoms with Crippen LogP contribution in [0, 0.1) is 11.8 Å². The smallest absolute Gasteiger partial charge is 0.0587 e. The average Bonchev–Trinajstić information content (AvgIpc) is 2.36. The number of hydrogen-bond donors (Lipinski definition) is 1. The normalized spacial score (nSPS) is 12.9. The van der Waals surface area contributed by atoms with Crippen LogP contribution in [0.3, 0.4) is 0 Å². The van der Waals surface area contributed by atoms with E-state index in [0.717, 1.165) is 32.0 Å². The Bertz CT molecular complexity index is 354. The molecular formula is C16H26BrNO. The molecule has 0 aromatic heterocycles. The quantitative estimate of drug-likeness (QED) is 0.695. The van der Waals surface area contributed by atoms with Crippen LogP contribution in [0.15, 0.2) is 28.7 Å². The minimum Gasteiger partial charge on any atom is -0.383 e. The molecule has 0 radical (unpaired) electrons. The summed E-state index contributed by atoms with van der Waals surface area (Å²) in [5.74, 6) is 1.41. The van der Waals surface area contributed by atoms with E-state index in [-0.39, 0.29) is 0 Å². The van der Waals surface area contributed by atoms with Crippen LogP contribution in [0.25, 0.3) is 0 Å². The van der Waals surface area contributed by atoms with E-state index in [2.05, 4.69) is 59.4 Å². The van der Waals surface area contributed by atoms with Crippen molar-refractivity contribution < 1.29 is 4.74 Å². The van der Waals surface area contributed by atoms with Crippen molar-refractivity contribution >= 4 is 15.9 Å². The molecule has 0 aliphatic rings. The van der Waals surface area contributed by atoms with Gasteiger partial charge in [-0.3, -0.25) is 0 Å². The second-order valence-electron chi connectivity index (χ2n) is 5.49. The summed E-state index contributed by atoms with van der Waals surface area (Å²) < 4.78 is 6.29. The third kappa shape index (κ3) is 7.09. The number of benzene rings is 1. The Labute approximate surface area is 126 Å². The number of methoxy groups -OCH3 is 1. The second kappa shape index (κ2) is 9.51. The minimum atomic E-state index is 0.676. The molecule has 1 aromatic rings. The lowest BCUT2D eigenvalue weighted by Gasteiger charge is -2.20. The highest BCUT2D eigenvalue weighted by molar-refractivity contribution is 9.10. The van der Waals surface area contributed by atoms with Gasteiger partial charge in [-0.1, -0.05) is 48.0 Å². The fraction of sp³-hybridized carbons (Fsp3) is 0.625. The van der Waals surface area contributed by atoms with Gasteiger partial charge in [0.25, 0.3) is 0 Å². The molecule has 0 spiro atoms. The largest absolute Gasteiger partial charge is 0.383 e. The zero-order valence-corrected chi connectivity index (χ0v) is 13.9. The Morgan fingerprint density at radius 3 is 2.63 bits per heavy atom. The minimum absolute atomic E-state index is 0.676. The Balaban J connectivity index is 2.51.